The zero-order chi connectivity index (χ0) is 26.4. The van der Waals surface area contributed by atoms with Gasteiger partial charge in [-0.25, -0.2) is 4.39 Å². The van der Waals surface area contributed by atoms with E-state index in [0.29, 0.717) is 37.6 Å². The highest BCUT2D eigenvalue weighted by atomic mass is 19.1. The molecule has 0 radical (unpaired) electrons. The fourth-order valence-electron chi connectivity index (χ4n) is 4.27. The van der Waals surface area contributed by atoms with Gasteiger partial charge in [-0.15, -0.1) is 0 Å². The van der Waals surface area contributed by atoms with Crippen molar-refractivity contribution in [1.82, 2.24) is 15.1 Å². The van der Waals surface area contributed by atoms with E-state index in [-0.39, 0.29) is 42.7 Å². The second-order valence-electron chi connectivity index (χ2n) is 8.30. The van der Waals surface area contributed by atoms with Crippen molar-refractivity contribution in [3.05, 3.63) is 64.5 Å². The average Bonchev–Trinajstić information content (AvgIpc) is 3.24. The third-order valence-corrected chi connectivity index (χ3v) is 6.09. The second kappa shape index (κ2) is 9.52. The predicted octanol–water partition coefficient (Wildman–Crippen LogP) is 2.00. The van der Waals surface area contributed by atoms with Crippen LogP contribution < -0.4 is 10.1 Å². The van der Waals surface area contributed by atoms with Crippen molar-refractivity contribution >= 4 is 17.7 Å². The van der Waals surface area contributed by atoms with E-state index in [1.165, 1.54) is 18.2 Å². The standard InChI is InChI=1S/C25H26FN3O5/c26-20-12-16(13-28-8-10-33-11-9-28)4-5-17(20)15-34-22-3-1-2-18-19(22)14-29(25(18)32)21-6-7-23(30)27-24(21)31/h1-5,12,21H,6-11,13-15H2,(H,27,30,31)/t21-/m1/s1/i13D2,21D. The molecule has 178 valence electrons. The third kappa shape index (κ3) is 4.53. The summed E-state index contributed by atoms with van der Waals surface area (Å²) >= 11 is 0. The number of halogens is 1. The summed E-state index contributed by atoms with van der Waals surface area (Å²) in [5.74, 6) is -2.13. The number of hydrogen-bond acceptors (Lipinski definition) is 6. The van der Waals surface area contributed by atoms with Crippen LogP contribution in [0.1, 0.15) is 44.0 Å². The Hall–Kier alpha value is -3.30. The van der Waals surface area contributed by atoms with E-state index in [4.69, 9.17) is 13.6 Å². The first-order valence-electron chi connectivity index (χ1n) is 12.6. The minimum Gasteiger partial charge on any atom is -0.488 e. The van der Waals surface area contributed by atoms with Crippen LogP contribution in [0.25, 0.3) is 0 Å². The van der Waals surface area contributed by atoms with E-state index in [2.05, 4.69) is 5.32 Å². The van der Waals surface area contributed by atoms with E-state index in [1.54, 1.807) is 23.1 Å². The van der Waals surface area contributed by atoms with Gasteiger partial charge in [-0.2, -0.15) is 0 Å². The van der Waals surface area contributed by atoms with Gasteiger partial charge in [0, 0.05) is 45.4 Å². The number of benzene rings is 2. The fraction of sp³-hybridized carbons (Fsp3) is 0.400. The number of nitrogens with zero attached hydrogens (tertiary/aromatic N) is 2. The number of hydrogen-bond donors (Lipinski definition) is 1. The first-order chi connectivity index (χ1) is 17.6. The molecule has 0 aromatic heterocycles. The van der Waals surface area contributed by atoms with Crippen molar-refractivity contribution in [1.29, 1.82) is 0 Å². The Bertz CT molecular complexity index is 1270. The Labute approximate surface area is 200 Å². The van der Waals surface area contributed by atoms with E-state index >= 15 is 0 Å². The van der Waals surface area contributed by atoms with E-state index in [0.717, 1.165) is 4.90 Å². The van der Waals surface area contributed by atoms with Crippen molar-refractivity contribution in [3.8, 4) is 5.75 Å². The molecule has 3 aliphatic heterocycles. The highest BCUT2D eigenvalue weighted by Gasteiger charge is 2.40. The van der Waals surface area contributed by atoms with Gasteiger partial charge in [-0.05, 0) is 30.2 Å². The fourth-order valence-corrected chi connectivity index (χ4v) is 4.27. The smallest absolute Gasteiger partial charge is 0.255 e. The topological polar surface area (TPSA) is 88.2 Å². The predicted molar refractivity (Wildman–Crippen MR) is 119 cm³/mol. The third-order valence-electron chi connectivity index (χ3n) is 6.09. The number of morpholine rings is 1. The second-order valence-corrected chi connectivity index (χ2v) is 8.30. The monoisotopic (exact) mass is 470 g/mol. The van der Waals surface area contributed by atoms with E-state index < -0.39 is 36.1 Å². The van der Waals surface area contributed by atoms with Crippen molar-refractivity contribution in [3.63, 3.8) is 0 Å². The molecule has 2 aromatic rings. The van der Waals surface area contributed by atoms with Gasteiger partial charge in [-0.1, -0.05) is 18.2 Å². The first-order valence-corrected chi connectivity index (χ1v) is 11.1. The molecule has 3 heterocycles. The zero-order valence-electron chi connectivity index (χ0n) is 21.4. The number of nitrogens with one attached hydrogen (secondary N) is 1. The molecular formula is C25H26FN3O5. The Morgan fingerprint density at radius 2 is 2.03 bits per heavy atom. The number of rotatable bonds is 6. The Morgan fingerprint density at radius 1 is 1.21 bits per heavy atom. The van der Waals surface area contributed by atoms with E-state index in [9.17, 15) is 18.8 Å². The molecule has 0 unspecified atom stereocenters. The number of carbonyl (C=O) groups is 3. The summed E-state index contributed by atoms with van der Waals surface area (Å²) in [5.41, 5.74) is 1.16. The van der Waals surface area contributed by atoms with Crippen molar-refractivity contribution in [2.45, 2.75) is 38.5 Å². The minimum atomic E-state index is -1.91. The molecule has 0 aliphatic carbocycles. The SMILES string of the molecule is [2H]C([2H])(c1ccc(COc2cccc3c2CN([C@]2([2H])CCC(=O)NC2=O)C3=O)c(F)c1)N1CCOCC1. The van der Waals surface area contributed by atoms with Crippen LogP contribution in [0.4, 0.5) is 4.39 Å². The summed E-state index contributed by atoms with van der Waals surface area (Å²) in [6.45, 7) is -0.429. The molecule has 3 amide bonds. The van der Waals surface area contributed by atoms with Gasteiger partial charge in [0.15, 0.2) is 0 Å². The van der Waals surface area contributed by atoms with Crippen LogP contribution >= 0.6 is 0 Å². The maximum atomic E-state index is 15.0. The van der Waals surface area contributed by atoms with Gasteiger partial charge < -0.3 is 14.4 Å². The van der Waals surface area contributed by atoms with Crippen molar-refractivity contribution in [2.24, 2.45) is 0 Å². The van der Waals surface area contributed by atoms with Crippen LogP contribution in [0.3, 0.4) is 0 Å². The van der Waals surface area contributed by atoms with Gasteiger partial charge in [0.2, 0.25) is 11.8 Å². The summed E-state index contributed by atoms with van der Waals surface area (Å²) in [4.78, 5) is 39.7. The molecular weight excluding hydrogens is 441 g/mol. The summed E-state index contributed by atoms with van der Waals surface area (Å²) < 4.78 is 51.6. The van der Waals surface area contributed by atoms with Crippen LogP contribution in [0, 0.1) is 5.82 Å². The molecule has 34 heavy (non-hydrogen) atoms. The van der Waals surface area contributed by atoms with Gasteiger partial charge in [0.25, 0.3) is 5.91 Å². The van der Waals surface area contributed by atoms with Crippen LogP contribution in [0.2, 0.25) is 0 Å². The molecule has 1 atom stereocenters. The summed E-state index contributed by atoms with van der Waals surface area (Å²) in [6.07, 6.45) is -0.152. The van der Waals surface area contributed by atoms with Gasteiger partial charge in [0.05, 0.1) is 21.1 Å². The number of fused-ring (bicyclic) bond motifs is 1. The van der Waals surface area contributed by atoms with Crippen molar-refractivity contribution < 1.29 is 32.4 Å². The van der Waals surface area contributed by atoms with Crippen LogP contribution in [-0.2, 0) is 34.0 Å². The van der Waals surface area contributed by atoms with Gasteiger partial charge in [0.1, 0.15) is 24.2 Å². The van der Waals surface area contributed by atoms with E-state index in [1.807, 2.05) is 0 Å². The molecule has 2 fully saturated rings. The highest BCUT2D eigenvalue weighted by molar-refractivity contribution is 6.05. The average molecular weight is 471 g/mol. The van der Waals surface area contributed by atoms with Crippen LogP contribution in [0.5, 0.6) is 5.75 Å². The molecule has 0 bridgehead atoms. The number of amides is 3. The number of carbonyl (C=O) groups excluding carboxylic acids is 3. The van der Waals surface area contributed by atoms with Crippen molar-refractivity contribution in [2.75, 3.05) is 26.3 Å². The lowest BCUT2D eigenvalue weighted by Gasteiger charge is -2.29. The molecule has 2 aromatic carbocycles. The molecule has 0 saturated carbocycles. The largest absolute Gasteiger partial charge is 0.488 e. The molecule has 2 saturated heterocycles. The quantitative estimate of drug-likeness (QED) is 0.650. The summed E-state index contributed by atoms with van der Waals surface area (Å²) in [5, 5.41) is 2.13. The zero-order valence-corrected chi connectivity index (χ0v) is 18.4. The Balaban J connectivity index is 1.32. The van der Waals surface area contributed by atoms with Crippen LogP contribution in [0.15, 0.2) is 36.4 Å². The van der Waals surface area contributed by atoms with Gasteiger partial charge in [-0.3, -0.25) is 24.6 Å². The Morgan fingerprint density at radius 3 is 2.79 bits per heavy atom. The van der Waals surface area contributed by atoms with Gasteiger partial charge >= 0.3 is 0 Å². The normalized spacial score (nSPS) is 24.8. The highest BCUT2D eigenvalue weighted by Crippen LogP contribution is 2.34. The molecule has 9 heteroatoms. The minimum absolute atomic E-state index is 0.0442. The first kappa shape index (κ1) is 19.1. The molecule has 8 nitrogen and oxygen atoms in total. The summed E-state index contributed by atoms with van der Waals surface area (Å²) in [6, 6.07) is 7.07. The number of piperidine rings is 1. The lowest BCUT2D eigenvalue weighted by atomic mass is 10.0. The molecule has 3 aliphatic rings. The Kier molecular flexibility index (Phi) is 5.33. The summed E-state index contributed by atoms with van der Waals surface area (Å²) in [7, 11) is 0. The maximum Gasteiger partial charge on any atom is 0.255 e. The lowest BCUT2D eigenvalue weighted by molar-refractivity contribution is -0.136. The molecule has 0 spiro atoms. The molecule has 1 N–H and O–H groups in total. The van der Waals surface area contributed by atoms with Crippen LogP contribution in [-0.4, -0.2) is 59.8 Å². The molecule has 5 rings (SSSR count). The lowest BCUT2D eigenvalue weighted by Crippen LogP contribution is -2.52. The maximum absolute atomic E-state index is 15.0. The number of ether oxygens (including phenoxy) is 2. The number of imide groups is 1.